The van der Waals surface area contributed by atoms with E-state index in [4.69, 9.17) is 14.5 Å². The lowest BCUT2D eigenvalue weighted by molar-refractivity contribution is -0.122. The molecule has 0 radical (unpaired) electrons. The van der Waals surface area contributed by atoms with E-state index in [0.29, 0.717) is 47.7 Å². The van der Waals surface area contributed by atoms with Gasteiger partial charge in [0.05, 0.1) is 25.7 Å². The normalized spacial score (nSPS) is 15.2. The minimum Gasteiger partial charge on any atom is -0.493 e. The van der Waals surface area contributed by atoms with E-state index in [1.54, 1.807) is 19.1 Å². The van der Waals surface area contributed by atoms with E-state index in [0.717, 1.165) is 16.7 Å². The summed E-state index contributed by atoms with van der Waals surface area (Å²) in [4.78, 5) is 49.4. The molecule has 2 N–H and O–H groups in total. The van der Waals surface area contributed by atoms with Crippen LogP contribution in [0.25, 0.3) is 0 Å². The summed E-state index contributed by atoms with van der Waals surface area (Å²) in [5, 5.41) is 6.37. The van der Waals surface area contributed by atoms with Gasteiger partial charge in [0, 0.05) is 25.1 Å². The molecule has 43 heavy (non-hydrogen) atoms. The first-order valence-electron chi connectivity index (χ1n) is 14.0. The molecule has 5 rings (SSSR count). The summed E-state index contributed by atoms with van der Waals surface area (Å²) < 4.78 is 10.6. The smallest absolute Gasteiger partial charge is 0.270 e. The van der Waals surface area contributed by atoms with Crippen LogP contribution < -0.4 is 20.1 Å². The maximum Gasteiger partial charge on any atom is 0.270 e. The second-order valence-corrected chi connectivity index (χ2v) is 10.9. The van der Waals surface area contributed by atoms with Gasteiger partial charge in [-0.2, -0.15) is 4.99 Å². The van der Waals surface area contributed by atoms with Crippen LogP contribution in [0.3, 0.4) is 0 Å². The SMILES string of the molecule is COc1ccc(CCNC(=O)CSC2=Nc3ccccc3C3=NC(=O)C(CCC(=O)NCc4ccccc4)N23)cc1OC. The molecule has 2 aliphatic rings. The van der Waals surface area contributed by atoms with Crippen molar-refractivity contribution in [2.75, 3.05) is 26.5 Å². The number of benzene rings is 3. The molecule has 3 amide bonds. The van der Waals surface area contributed by atoms with Gasteiger partial charge < -0.3 is 20.1 Å². The molecule has 1 atom stereocenters. The topological polar surface area (TPSA) is 122 Å². The highest BCUT2D eigenvalue weighted by Crippen LogP contribution is 2.35. The van der Waals surface area contributed by atoms with Crippen molar-refractivity contribution in [3.05, 3.63) is 89.5 Å². The molecule has 0 aromatic heterocycles. The Kier molecular flexibility index (Phi) is 9.73. The molecule has 0 fully saturated rings. The predicted octanol–water partition coefficient (Wildman–Crippen LogP) is 3.85. The van der Waals surface area contributed by atoms with Crippen LogP contribution in [-0.4, -0.2) is 66.2 Å². The summed E-state index contributed by atoms with van der Waals surface area (Å²) in [6, 6.07) is 22.1. The number of hydrogen-bond acceptors (Lipinski definition) is 8. The van der Waals surface area contributed by atoms with Crippen molar-refractivity contribution < 1.29 is 23.9 Å². The third-order valence-electron chi connectivity index (χ3n) is 7.10. The Morgan fingerprint density at radius 1 is 0.884 bits per heavy atom. The van der Waals surface area contributed by atoms with E-state index in [9.17, 15) is 14.4 Å². The van der Waals surface area contributed by atoms with Gasteiger partial charge in [-0.3, -0.25) is 19.3 Å². The fraction of sp³-hybridized carbons (Fsp3) is 0.281. The van der Waals surface area contributed by atoms with Crippen molar-refractivity contribution in [2.24, 2.45) is 9.98 Å². The molecule has 10 nitrogen and oxygen atoms in total. The average Bonchev–Trinajstić information content (AvgIpc) is 3.38. The summed E-state index contributed by atoms with van der Waals surface area (Å²) >= 11 is 1.24. The first kappa shape index (κ1) is 29.8. The van der Waals surface area contributed by atoms with Crippen molar-refractivity contribution in [3.8, 4) is 11.5 Å². The molecule has 2 aliphatic heterocycles. The van der Waals surface area contributed by atoms with E-state index in [2.05, 4.69) is 15.6 Å². The number of carbonyl (C=O) groups excluding carboxylic acids is 3. The van der Waals surface area contributed by atoms with Crippen molar-refractivity contribution >= 4 is 46.2 Å². The van der Waals surface area contributed by atoms with Gasteiger partial charge >= 0.3 is 0 Å². The predicted molar refractivity (Wildman–Crippen MR) is 167 cm³/mol. The maximum atomic E-state index is 13.1. The quantitative estimate of drug-likeness (QED) is 0.324. The molecule has 0 aliphatic carbocycles. The molecule has 0 saturated heterocycles. The Morgan fingerprint density at radius 3 is 2.44 bits per heavy atom. The van der Waals surface area contributed by atoms with Gasteiger partial charge in [0.2, 0.25) is 11.8 Å². The van der Waals surface area contributed by atoms with Crippen molar-refractivity contribution in [1.29, 1.82) is 0 Å². The number of thioether (sulfide) groups is 1. The molecule has 3 aromatic carbocycles. The Morgan fingerprint density at radius 2 is 1.65 bits per heavy atom. The lowest BCUT2D eigenvalue weighted by Crippen LogP contribution is -2.44. The highest BCUT2D eigenvalue weighted by molar-refractivity contribution is 8.14. The summed E-state index contributed by atoms with van der Waals surface area (Å²) in [6.45, 7) is 0.862. The first-order valence-corrected chi connectivity index (χ1v) is 15.0. The van der Waals surface area contributed by atoms with Gasteiger partial charge in [-0.05, 0) is 48.2 Å². The summed E-state index contributed by atoms with van der Waals surface area (Å²) in [6.07, 6.45) is 1.04. The second kappa shape index (κ2) is 14.0. The highest BCUT2D eigenvalue weighted by atomic mass is 32.2. The Hall–Kier alpha value is -4.64. The summed E-state index contributed by atoms with van der Waals surface area (Å²) in [5.41, 5.74) is 3.43. The lowest BCUT2D eigenvalue weighted by atomic mass is 10.1. The fourth-order valence-corrected chi connectivity index (χ4v) is 5.77. The van der Waals surface area contributed by atoms with Crippen LogP contribution in [0.4, 0.5) is 5.69 Å². The molecular formula is C32H33N5O5S. The number of methoxy groups -OCH3 is 2. The molecule has 0 spiro atoms. The van der Waals surface area contributed by atoms with Crippen LogP contribution in [-0.2, 0) is 27.3 Å². The van der Waals surface area contributed by atoms with E-state index >= 15 is 0 Å². The zero-order chi connectivity index (χ0) is 30.2. The number of aliphatic imine (C=N–C) groups is 2. The summed E-state index contributed by atoms with van der Waals surface area (Å²) in [7, 11) is 3.17. The van der Waals surface area contributed by atoms with Crippen LogP contribution in [0.1, 0.15) is 29.5 Å². The van der Waals surface area contributed by atoms with Crippen molar-refractivity contribution in [3.63, 3.8) is 0 Å². The average molecular weight is 600 g/mol. The van der Waals surface area contributed by atoms with Crippen LogP contribution in [0.2, 0.25) is 0 Å². The minimum absolute atomic E-state index is 0.106. The standard InChI is InChI=1S/C32H33N5O5S/c1-41-26-14-12-21(18-27(26)42-2)16-17-33-29(39)20-43-32-35-24-11-7-6-10-23(24)30-36-31(40)25(37(30)32)13-15-28(38)34-19-22-8-4-3-5-9-22/h3-12,14,18,25H,13,15-17,19-20H2,1-2H3,(H,33,39)(H,34,38). The number of amides is 3. The first-order chi connectivity index (χ1) is 21.0. The van der Waals surface area contributed by atoms with Crippen LogP contribution in [0, 0.1) is 0 Å². The second-order valence-electron chi connectivity index (χ2n) is 9.95. The summed E-state index contributed by atoms with van der Waals surface area (Å²) in [5.74, 6) is 1.26. The van der Waals surface area contributed by atoms with E-state index in [-0.39, 0.29) is 36.3 Å². The van der Waals surface area contributed by atoms with Gasteiger partial charge in [-0.1, -0.05) is 60.3 Å². The van der Waals surface area contributed by atoms with Crippen molar-refractivity contribution in [1.82, 2.24) is 15.5 Å². The number of ether oxygens (including phenoxy) is 2. The third kappa shape index (κ3) is 7.23. The highest BCUT2D eigenvalue weighted by Gasteiger charge is 2.41. The van der Waals surface area contributed by atoms with Gasteiger partial charge in [0.15, 0.2) is 16.7 Å². The van der Waals surface area contributed by atoms with E-state index in [1.807, 2.05) is 72.8 Å². The number of para-hydroxylation sites is 1. The van der Waals surface area contributed by atoms with Gasteiger partial charge in [0.1, 0.15) is 11.9 Å². The maximum absolute atomic E-state index is 13.1. The lowest BCUT2D eigenvalue weighted by Gasteiger charge is -2.31. The third-order valence-corrected chi connectivity index (χ3v) is 8.05. The molecule has 11 heteroatoms. The number of nitrogens with one attached hydrogen (secondary N) is 2. The number of carbonyl (C=O) groups is 3. The minimum atomic E-state index is -0.676. The Bertz CT molecular complexity index is 1560. The fourth-order valence-electron chi connectivity index (χ4n) is 4.89. The number of nitrogens with zero attached hydrogens (tertiary/aromatic N) is 3. The van der Waals surface area contributed by atoms with Gasteiger partial charge in [-0.15, -0.1) is 0 Å². The number of hydrogen-bond donors (Lipinski definition) is 2. The molecule has 0 saturated carbocycles. The van der Waals surface area contributed by atoms with E-state index in [1.165, 1.54) is 11.8 Å². The monoisotopic (exact) mass is 599 g/mol. The molecule has 0 bridgehead atoms. The Balaban J connectivity index is 1.19. The van der Waals surface area contributed by atoms with E-state index < -0.39 is 6.04 Å². The number of amidine groups is 2. The molecule has 2 heterocycles. The van der Waals surface area contributed by atoms with Crippen LogP contribution in [0.5, 0.6) is 11.5 Å². The van der Waals surface area contributed by atoms with Crippen molar-refractivity contribution in [2.45, 2.75) is 31.8 Å². The van der Waals surface area contributed by atoms with Gasteiger partial charge in [-0.25, -0.2) is 4.99 Å². The molecule has 1 unspecified atom stereocenters. The zero-order valence-electron chi connectivity index (χ0n) is 24.0. The number of fused-ring (bicyclic) bond motifs is 3. The van der Waals surface area contributed by atoms with Crippen LogP contribution in [0.15, 0.2) is 82.8 Å². The molecule has 3 aromatic rings. The zero-order valence-corrected chi connectivity index (χ0v) is 24.9. The molecule has 222 valence electrons. The number of rotatable bonds is 12. The molecular weight excluding hydrogens is 566 g/mol. The van der Waals surface area contributed by atoms with Gasteiger partial charge in [0.25, 0.3) is 5.91 Å². The Labute approximate surface area is 254 Å². The largest absolute Gasteiger partial charge is 0.493 e. The van der Waals surface area contributed by atoms with Crippen LogP contribution >= 0.6 is 11.8 Å².